The Morgan fingerprint density at radius 3 is 1.60 bits per heavy atom. The van der Waals surface area contributed by atoms with Gasteiger partial charge in [-0.05, 0) is 56.8 Å². The fraction of sp³-hybridized carbons (Fsp3) is 1.00. The van der Waals surface area contributed by atoms with Gasteiger partial charge in [0.2, 0.25) is 0 Å². The Morgan fingerprint density at radius 2 is 1.20 bits per heavy atom. The van der Waals surface area contributed by atoms with Crippen LogP contribution >= 0.6 is 0 Å². The Kier molecular flexibility index (Phi) is 6.87. The molecule has 0 aliphatic heterocycles. The maximum Gasteiger partial charge on any atom is 0.0126 e. The second-order valence-corrected chi connectivity index (χ2v) is 8.02. The van der Waals surface area contributed by atoms with Gasteiger partial charge < -0.3 is 5.32 Å². The van der Waals surface area contributed by atoms with Crippen molar-refractivity contribution in [1.29, 1.82) is 0 Å². The van der Waals surface area contributed by atoms with Gasteiger partial charge in [-0.2, -0.15) is 0 Å². The minimum absolute atomic E-state index is 0.698. The van der Waals surface area contributed by atoms with Crippen LogP contribution < -0.4 is 5.32 Å². The van der Waals surface area contributed by atoms with E-state index in [1.807, 2.05) is 0 Å². The van der Waals surface area contributed by atoms with E-state index in [2.05, 4.69) is 26.1 Å². The molecule has 20 heavy (non-hydrogen) atoms. The Morgan fingerprint density at radius 1 is 0.750 bits per heavy atom. The average Bonchev–Trinajstić information content (AvgIpc) is 2.46. The van der Waals surface area contributed by atoms with Crippen LogP contribution in [0.5, 0.6) is 0 Å². The van der Waals surface area contributed by atoms with Gasteiger partial charge in [0.05, 0.1) is 0 Å². The third-order valence-electron chi connectivity index (χ3n) is 5.62. The quantitative estimate of drug-likeness (QED) is 0.673. The molecule has 0 spiro atoms. The van der Waals surface area contributed by atoms with Gasteiger partial charge in [0.1, 0.15) is 0 Å². The van der Waals surface area contributed by atoms with Crippen molar-refractivity contribution in [3.63, 3.8) is 0 Å². The van der Waals surface area contributed by atoms with E-state index in [0.29, 0.717) is 6.04 Å². The lowest BCUT2D eigenvalue weighted by atomic mass is 9.73. The SMILES string of the molecule is CC(C)CC(C)NC(C1CCCCC1)C1CCCCC1. The molecule has 2 aliphatic rings. The monoisotopic (exact) mass is 279 g/mol. The average molecular weight is 280 g/mol. The van der Waals surface area contributed by atoms with E-state index in [1.165, 1.54) is 70.6 Å². The molecule has 0 aromatic heterocycles. The first-order valence-electron chi connectivity index (χ1n) is 9.43. The Hall–Kier alpha value is -0.0400. The summed E-state index contributed by atoms with van der Waals surface area (Å²) < 4.78 is 0. The van der Waals surface area contributed by atoms with Crippen molar-refractivity contribution in [3.8, 4) is 0 Å². The molecule has 0 aromatic rings. The highest BCUT2D eigenvalue weighted by atomic mass is 15.0. The van der Waals surface area contributed by atoms with Crippen LogP contribution in [0.4, 0.5) is 0 Å². The summed E-state index contributed by atoms with van der Waals surface area (Å²) in [5, 5.41) is 4.09. The van der Waals surface area contributed by atoms with E-state index in [0.717, 1.165) is 23.8 Å². The molecule has 2 saturated carbocycles. The van der Waals surface area contributed by atoms with Crippen LogP contribution in [-0.2, 0) is 0 Å². The first kappa shape index (κ1) is 16.3. The summed E-state index contributed by atoms with van der Waals surface area (Å²) in [5.74, 6) is 2.76. The standard InChI is InChI=1S/C19H37N/c1-15(2)14-16(3)20-19(17-10-6-4-7-11-17)18-12-8-5-9-13-18/h15-20H,4-14H2,1-3H3. The van der Waals surface area contributed by atoms with Gasteiger partial charge in [-0.15, -0.1) is 0 Å². The lowest BCUT2D eigenvalue weighted by Crippen LogP contribution is -2.47. The minimum atomic E-state index is 0.698. The molecule has 2 rings (SSSR count). The lowest BCUT2D eigenvalue weighted by molar-refractivity contribution is 0.158. The molecule has 0 radical (unpaired) electrons. The predicted molar refractivity (Wildman–Crippen MR) is 89.0 cm³/mol. The molecule has 1 atom stereocenters. The topological polar surface area (TPSA) is 12.0 Å². The molecule has 0 aromatic carbocycles. The van der Waals surface area contributed by atoms with E-state index in [9.17, 15) is 0 Å². The van der Waals surface area contributed by atoms with Gasteiger partial charge in [-0.25, -0.2) is 0 Å². The van der Waals surface area contributed by atoms with Crippen molar-refractivity contribution in [2.45, 2.75) is 103 Å². The lowest BCUT2D eigenvalue weighted by Gasteiger charge is -2.40. The second kappa shape index (κ2) is 8.41. The molecular formula is C19H37N. The Balaban J connectivity index is 1.94. The van der Waals surface area contributed by atoms with Crippen molar-refractivity contribution < 1.29 is 0 Å². The third kappa shape index (κ3) is 5.06. The smallest absolute Gasteiger partial charge is 0.0126 e. The summed E-state index contributed by atoms with van der Waals surface area (Å²) in [7, 11) is 0. The van der Waals surface area contributed by atoms with Crippen molar-refractivity contribution >= 4 is 0 Å². The van der Waals surface area contributed by atoms with Crippen molar-refractivity contribution in [2.24, 2.45) is 17.8 Å². The molecule has 2 fully saturated rings. The highest BCUT2D eigenvalue weighted by Gasteiger charge is 2.32. The van der Waals surface area contributed by atoms with Crippen LogP contribution in [0.25, 0.3) is 0 Å². The zero-order valence-electron chi connectivity index (χ0n) is 14.2. The molecule has 118 valence electrons. The van der Waals surface area contributed by atoms with Crippen molar-refractivity contribution in [2.75, 3.05) is 0 Å². The first-order valence-corrected chi connectivity index (χ1v) is 9.43. The fourth-order valence-corrected chi connectivity index (χ4v) is 4.75. The zero-order chi connectivity index (χ0) is 14.4. The molecule has 1 heteroatoms. The first-order chi connectivity index (χ1) is 9.66. The largest absolute Gasteiger partial charge is 0.311 e. The Labute approximate surface area is 127 Å². The highest BCUT2D eigenvalue weighted by Crippen LogP contribution is 2.36. The van der Waals surface area contributed by atoms with Gasteiger partial charge >= 0.3 is 0 Å². The summed E-state index contributed by atoms with van der Waals surface area (Å²) in [6.45, 7) is 7.13. The maximum absolute atomic E-state index is 4.09. The van der Waals surface area contributed by atoms with E-state index < -0.39 is 0 Å². The molecule has 0 amide bonds. The summed E-state index contributed by atoms with van der Waals surface area (Å²) in [5.41, 5.74) is 0. The summed E-state index contributed by atoms with van der Waals surface area (Å²) in [6, 6.07) is 1.52. The van der Waals surface area contributed by atoms with E-state index in [4.69, 9.17) is 0 Å². The van der Waals surface area contributed by atoms with Crippen molar-refractivity contribution in [1.82, 2.24) is 5.32 Å². The third-order valence-corrected chi connectivity index (χ3v) is 5.62. The van der Waals surface area contributed by atoms with Gasteiger partial charge in [0.15, 0.2) is 0 Å². The molecule has 1 nitrogen and oxygen atoms in total. The molecule has 1 N–H and O–H groups in total. The zero-order valence-corrected chi connectivity index (χ0v) is 14.2. The molecular weight excluding hydrogens is 242 g/mol. The van der Waals surface area contributed by atoms with Crippen LogP contribution in [0.2, 0.25) is 0 Å². The molecule has 0 heterocycles. The number of nitrogens with one attached hydrogen (secondary N) is 1. The highest BCUT2D eigenvalue weighted by molar-refractivity contribution is 4.88. The normalized spacial score (nSPS) is 24.4. The number of rotatable bonds is 6. The molecule has 0 saturated heterocycles. The van der Waals surface area contributed by atoms with Gasteiger partial charge in [0.25, 0.3) is 0 Å². The molecule has 1 unspecified atom stereocenters. The van der Waals surface area contributed by atoms with E-state index in [-0.39, 0.29) is 0 Å². The summed E-state index contributed by atoms with van der Waals surface area (Å²) >= 11 is 0. The van der Waals surface area contributed by atoms with Crippen LogP contribution in [0, 0.1) is 17.8 Å². The van der Waals surface area contributed by atoms with E-state index in [1.54, 1.807) is 0 Å². The summed E-state index contributed by atoms with van der Waals surface area (Å²) in [6.07, 6.45) is 16.2. The Bertz CT molecular complexity index is 230. The van der Waals surface area contributed by atoms with Crippen molar-refractivity contribution in [3.05, 3.63) is 0 Å². The van der Waals surface area contributed by atoms with Gasteiger partial charge in [0, 0.05) is 12.1 Å². The maximum atomic E-state index is 4.09. The van der Waals surface area contributed by atoms with Gasteiger partial charge in [-0.3, -0.25) is 0 Å². The van der Waals surface area contributed by atoms with Crippen LogP contribution in [0.3, 0.4) is 0 Å². The van der Waals surface area contributed by atoms with Crippen LogP contribution in [0.15, 0.2) is 0 Å². The van der Waals surface area contributed by atoms with Crippen LogP contribution in [0.1, 0.15) is 91.4 Å². The predicted octanol–water partition coefficient (Wildman–Crippen LogP) is 5.54. The van der Waals surface area contributed by atoms with E-state index >= 15 is 0 Å². The number of hydrogen-bond donors (Lipinski definition) is 1. The second-order valence-electron chi connectivity index (χ2n) is 8.02. The molecule has 0 bridgehead atoms. The van der Waals surface area contributed by atoms with Gasteiger partial charge in [-0.1, -0.05) is 52.4 Å². The number of hydrogen-bond acceptors (Lipinski definition) is 1. The van der Waals surface area contributed by atoms with Crippen LogP contribution in [-0.4, -0.2) is 12.1 Å². The summed E-state index contributed by atoms with van der Waals surface area (Å²) in [4.78, 5) is 0. The fourth-order valence-electron chi connectivity index (χ4n) is 4.75. The minimum Gasteiger partial charge on any atom is -0.311 e. The molecule has 2 aliphatic carbocycles.